The van der Waals surface area contributed by atoms with Gasteiger partial charge in [-0.2, -0.15) is 0 Å². The van der Waals surface area contributed by atoms with E-state index in [2.05, 4.69) is 4.98 Å². The Morgan fingerprint density at radius 2 is 2.00 bits per heavy atom. The first kappa shape index (κ1) is 12.9. The number of para-hydroxylation sites is 1. The van der Waals surface area contributed by atoms with Gasteiger partial charge in [0.2, 0.25) is 0 Å². The van der Waals surface area contributed by atoms with Crippen LogP contribution in [0.2, 0.25) is 5.02 Å². The van der Waals surface area contributed by atoms with Gasteiger partial charge in [0, 0.05) is 16.3 Å². The van der Waals surface area contributed by atoms with Gasteiger partial charge in [-0.3, -0.25) is 0 Å². The van der Waals surface area contributed by atoms with Crippen LogP contribution in [-0.2, 0) is 5.75 Å². The SMILES string of the molecule is Fc1cccc(Cl)c1CSc1nc2ccccc2s1. The molecule has 0 bridgehead atoms. The number of thiazole rings is 1. The molecule has 2 aromatic carbocycles. The molecule has 0 spiro atoms. The molecule has 5 heteroatoms. The smallest absolute Gasteiger partial charge is 0.151 e. The molecule has 0 atom stereocenters. The van der Waals surface area contributed by atoms with Crippen LogP contribution in [0.15, 0.2) is 46.8 Å². The predicted octanol–water partition coefficient (Wildman–Crippen LogP) is 5.38. The van der Waals surface area contributed by atoms with Crippen molar-refractivity contribution in [3.63, 3.8) is 0 Å². The molecule has 0 saturated carbocycles. The van der Waals surface area contributed by atoms with E-state index in [-0.39, 0.29) is 5.82 Å². The maximum atomic E-state index is 13.6. The van der Waals surface area contributed by atoms with Crippen molar-refractivity contribution in [2.45, 2.75) is 10.1 Å². The molecule has 0 amide bonds. The van der Waals surface area contributed by atoms with Gasteiger partial charge in [-0.15, -0.1) is 11.3 Å². The van der Waals surface area contributed by atoms with Crippen molar-refractivity contribution in [1.82, 2.24) is 4.98 Å². The third kappa shape index (κ3) is 2.76. The topological polar surface area (TPSA) is 12.9 Å². The van der Waals surface area contributed by atoms with Crippen LogP contribution >= 0.6 is 34.7 Å². The van der Waals surface area contributed by atoms with Crippen LogP contribution < -0.4 is 0 Å². The summed E-state index contributed by atoms with van der Waals surface area (Å²) in [5.41, 5.74) is 1.52. The quantitative estimate of drug-likeness (QED) is 0.602. The van der Waals surface area contributed by atoms with Crippen LogP contribution in [0.1, 0.15) is 5.56 Å². The lowest BCUT2D eigenvalue weighted by Gasteiger charge is -2.03. The molecule has 0 aliphatic rings. The Bertz CT molecular complexity index is 673. The van der Waals surface area contributed by atoms with Gasteiger partial charge in [0.15, 0.2) is 4.34 Å². The number of hydrogen-bond acceptors (Lipinski definition) is 3. The molecular formula is C14H9ClFNS2. The van der Waals surface area contributed by atoms with Gasteiger partial charge in [-0.25, -0.2) is 9.37 Å². The summed E-state index contributed by atoms with van der Waals surface area (Å²) < 4.78 is 15.7. The summed E-state index contributed by atoms with van der Waals surface area (Å²) >= 11 is 9.13. The predicted molar refractivity (Wildman–Crippen MR) is 80.6 cm³/mol. The van der Waals surface area contributed by atoms with Crippen LogP contribution in [0.25, 0.3) is 10.2 Å². The van der Waals surface area contributed by atoms with Crippen LogP contribution in [0.4, 0.5) is 4.39 Å². The highest BCUT2D eigenvalue weighted by molar-refractivity contribution is 8.00. The lowest BCUT2D eigenvalue weighted by molar-refractivity contribution is 0.617. The fourth-order valence-electron chi connectivity index (χ4n) is 1.72. The van der Waals surface area contributed by atoms with Crippen LogP contribution in [0, 0.1) is 5.82 Å². The van der Waals surface area contributed by atoms with Crippen molar-refractivity contribution in [2.24, 2.45) is 0 Å². The standard InChI is InChI=1S/C14H9ClFNS2/c15-10-4-3-5-11(16)9(10)8-18-14-17-12-6-1-2-7-13(12)19-14/h1-7H,8H2. The fourth-order valence-corrected chi connectivity index (χ4v) is 4.13. The van der Waals surface area contributed by atoms with Gasteiger partial charge in [0.25, 0.3) is 0 Å². The van der Waals surface area contributed by atoms with Gasteiger partial charge in [-0.05, 0) is 24.3 Å². The Kier molecular flexibility index (Phi) is 3.73. The summed E-state index contributed by atoms with van der Waals surface area (Å²) in [6.45, 7) is 0. The molecule has 0 saturated heterocycles. The normalized spacial score (nSPS) is 11.1. The number of aromatic nitrogens is 1. The molecule has 1 aromatic heterocycles. The highest BCUT2D eigenvalue weighted by Crippen LogP contribution is 2.33. The van der Waals surface area contributed by atoms with E-state index < -0.39 is 0 Å². The Labute approximate surface area is 123 Å². The van der Waals surface area contributed by atoms with Crippen molar-refractivity contribution in [2.75, 3.05) is 0 Å². The van der Waals surface area contributed by atoms with E-state index in [4.69, 9.17) is 11.6 Å². The number of hydrogen-bond donors (Lipinski definition) is 0. The zero-order valence-electron chi connectivity index (χ0n) is 9.77. The number of thioether (sulfide) groups is 1. The van der Waals surface area contributed by atoms with Crippen LogP contribution in [0.5, 0.6) is 0 Å². The van der Waals surface area contributed by atoms with Gasteiger partial charge in [0.1, 0.15) is 5.82 Å². The molecular weight excluding hydrogens is 301 g/mol. The molecule has 1 nitrogen and oxygen atoms in total. The highest BCUT2D eigenvalue weighted by atomic mass is 35.5. The second kappa shape index (κ2) is 5.49. The highest BCUT2D eigenvalue weighted by Gasteiger charge is 2.09. The van der Waals surface area contributed by atoms with Gasteiger partial charge in [-0.1, -0.05) is 41.6 Å². The van der Waals surface area contributed by atoms with E-state index in [1.807, 2.05) is 24.3 Å². The van der Waals surface area contributed by atoms with E-state index in [9.17, 15) is 4.39 Å². The first-order valence-corrected chi connectivity index (χ1v) is 7.83. The van der Waals surface area contributed by atoms with E-state index in [0.717, 1.165) is 14.6 Å². The third-order valence-corrected chi connectivity index (χ3v) is 5.24. The first-order valence-electron chi connectivity index (χ1n) is 5.65. The number of rotatable bonds is 3. The largest absolute Gasteiger partial charge is 0.230 e. The molecule has 0 fully saturated rings. The van der Waals surface area contributed by atoms with E-state index in [0.29, 0.717) is 16.3 Å². The van der Waals surface area contributed by atoms with Crippen molar-refractivity contribution >= 4 is 44.9 Å². The van der Waals surface area contributed by atoms with E-state index in [1.165, 1.54) is 17.8 Å². The second-order valence-corrected chi connectivity index (χ2v) is 6.60. The number of nitrogens with zero attached hydrogens (tertiary/aromatic N) is 1. The number of halogens is 2. The van der Waals surface area contributed by atoms with E-state index in [1.54, 1.807) is 23.5 Å². The molecule has 1 heterocycles. The fraction of sp³-hybridized carbons (Fsp3) is 0.0714. The maximum Gasteiger partial charge on any atom is 0.151 e. The number of fused-ring (bicyclic) bond motifs is 1. The molecule has 0 aliphatic heterocycles. The Hall–Kier alpha value is -1.10. The van der Waals surface area contributed by atoms with Gasteiger partial charge < -0.3 is 0 Å². The van der Waals surface area contributed by atoms with Crippen LogP contribution in [-0.4, -0.2) is 4.98 Å². The summed E-state index contributed by atoms with van der Waals surface area (Å²) in [6, 6.07) is 12.7. The molecule has 0 N–H and O–H groups in total. The molecule has 19 heavy (non-hydrogen) atoms. The summed E-state index contributed by atoms with van der Waals surface area (Å²) in [7, 11) is 0. The minimum absolute atomic E-state index is 0.263. The van der Waals surface area contributed by atoms with Crippen molar-refractivity contribution in [1.29, 1.82) is 0 Å². The minimum Gasteiger partial charge on any atom is -0.230 e. The third-order valence-electron chi connectivity index (χ3n) is 2.68. The summed E-state index contributed by atoms with van der Waals surface area (Å²) in [6.07, 6.45) is 0. The summed E-state index contributed by atoms with van der Waals surface area (Å²) in [5, 5.41) is 0.466. The zero-order valence-corrected chi connectivity index (χ0v) is 12.2. The van der Waals surface area contributed by atoms with Crippen molar-refractivity contribution in [3.8, 4) is 0 Å². The van der Waals surface area contributed by atoms with Crippen LogP contribution in [0.3, 0.4) is 0 Å². The van der Waals surface area contributed by atoms with E-state index >= 15 is 0 Å². The molecule has 0 radical (unpaired) electrons. The lowest BCUT2D eigenvalue weighted by atomic mass is 10.2. The maximum absolute atomic E-state index is 13.6. The Morgan fingerprint density at radius 1 is 1.16 bits per heavy atom. The number of benzene rings is 2. The molecule has 96 valence electrons. The summed E-state index contributed by atoms with van der Waals surface area (Å²) in [5.74, 6) is 0.229. The monoisotopic (exact) mass is 309 g/mol. The first-order chi connectivity index (χ1) is 9.24. The van der Waals surface area contributed by atoms with Gasteiger partial charge in [0.05, 0.1) is 10.2 Å². The Morgan fingerprint density at radius 3 is 2.79 bits per heavy atom. The molecule has 0 unspecified atom stereocenters. The minimum atomic E-state index is -0.263. The zero-order chi connectivity index (χ0) is 13.2. The average Bonchev–Trinajstić information content (AvgIpc) is 2.81. The lowest BCUT2D eigenvalue weighted by Crippen LogP contribution is -1.88. The average molecular weight is 310 g/mol. The summed E-state index contributed by atoms with van der Waals surface area (Å²) in [4.78, 5) is 4.50. The molecule has 0 aliphatic carbocycles. The Balaban J connectivity index is 1.82. The van der Waals surface area contributed by atoms with Crippen molar-refractivity contribution in [3.05, 3.63) is 58.9 Å². The molecule has 3 aromatic rings. The van der Waals surface area contributed by atoms with Crippen molar-refractivity contribution < 1.29 is 4.39 Å². The molecule has 3 rings (SSSR count). The van der Waals surface area contributed by atoms with Gasteiger partial charge >= 0.3 is 0 Å². The second-order valence-electron chi connectivity index (χ2n) is 3.94.